The minimum Gasteiger partial charge on any atom is -0.484 e. The molecule has 1 amide bonds. The number of anilines is 1. The van der Waals surface area contributed by atoms with E-state index >= 15 is 0 Å². The molecule has 5 heteroatoms. The second-order valence-corrected chi connectivity index (χ2v) is 6.80. The predicted octanol–water partition coefficient (Wildman–Crippen LogP) is 4.00. The molecule has 1 heterocycles. The average molecular weight is 327 g/mol. The molecule has 1 aliphatic carbocycles. The average Bonchev–Trinajstić information content (AvgIpc) is 3.32. The fourth-order valence-electron chi connectivity index (χ4n) is 2.79. The van der Waals surface area contributed by atoms with Gasteiger partial charge < -0.3 is 10.1 Å². The number of carbonyl (C=O) groups excluding carboxylic acids is 1. The molecule has 1 aromatic heterocycles. The third-order valence-electron chi connectivity index (χ3n) is 4.54. The van der Waals surface area contributed by atoms with Gasteiger partial charge in [0.1, 0.15) is 11.6 Å². The third kappa shape index (κ3) is 3.96. The van der Waals surface area contributed by atoms with Crippen molar-refractivity contribution in [3.8, 4) is 5.75 Å². The molecule has 1 atom stereocenters. The molecule has 1 aromatic carbocycles. The van der Waals surface area contributed by atoms with Crippen LogP contribution in [0.4, 0.5) is 5.82 Å². The van der Waals surface area contributed by atoms with Gasteiger partial charge in [0, 0.05) is 6.07 Å². The molecule has 0 aliphatic heterocycles. The standard InChI is InChI=1S/C19H25N3O2/c1-13(2)15-6-8-17(9-7-15)24-12-19(23)21-18-10-11-20-22(18)14(3)16-4-5-16/h6-11,13-14,16H,4-5,12H2,1-3H3,(H,21,23). The van der Waals surface area contributed by atoms with Crippen molar-refractivity contribution in [3.63, 3.8) is 0 Å². The van der Waals surface area contributed by atoms with Gasteiger partial charge in [-0.15, -0.1) is 0 Å². The fourth-order valence-corrected chi connectivity index (χ4v) is 2.79. The number of aromatic nitrogens is 2. The van der Waals surface area contributed by atoms with E-state index in [1.165, 1.54) is 18.4 Å². The van der Waals surface area contributed by atoms with Crippen LogP contribution in [0.25, 0.3) is 0 Å². The van der Waals surface area contributed by atoms with Gasteiger partial charge >= 0.3 is 0 Å². The highest BCUT2D eigenvalue weighted by Crippen LogP contribution is 2.40. The summed E-state index contributed by atoms with van der Waals surface area (Å²) in [7, 11) is 0. The van der Waals surface area contributed by atoms with Gasteiger partial charge in [-0.2, -0.15) is 5.10 Å². The third-order valence-corrected chi connectivity index (χ3v) is 4.54. The molecule has 0 bridgehead atoms. The number of nitrogens with one attached hydrogen (secondary N) is 1. The second kappa shape index (κ2) is 7.07. The van der Waals surface area contributed by atoms with E-state index in [1.807, 2.05) is 35.0 Å². The number of rotatable bonds is 7. The maximum Gasteiger partial charge on any atom is 0.263 e. The number of ether oxygens (including phenoxy) is 1. The van der Waals surface area contributed by atoms with Crippen molar-refractivity contribution < 1.29 is 9.53 Å². The van der Waals surface area contributed by atoms with Crippen molar-refractivity contribution in [1.82, 2.24) is 9.78 Å². The predicted molar refractivity (Wildman–Crippen MR) is 94.3 cm³/mol. The van der Waals surface area contributed by atoms with Crippen molar-refractivity contribution in [2.24, 2.45) is 5.92 Å². The maximum atomic E-state index is 12.1. The number of nitrogens with zero attached hydrogens (tertiary/aromatic N) is 2. The normalized spacial score (nSPS) is 15.3. The van der Waals surface area contributed by atoms with Gasteiger partial charge in [-0.25, -0.2) is 4.68 Å². The molecule has 0 spiro atoms. The molecule has 128 valence electrons. The molecular formula is C19H25N3O2. The summed E-state index contributed by atoms with van der Waals surface area (Å²) >= 11 is 0. The first-order valence-electron chi connectivity index (χ1n) is 8.60. The summed E-state index contributed by atoms with van der Waals surface area (Å²) in [6.07, 6.45) is 4.20. The summed E-state index contributed by atoms with van der Waals surface area (Å²) < 4.78 is 7.47. The van der Waals surface area contributed by atoms with Crippen LogP contribution in [0.2, 0.25) is 0 Å². The molecule has 24 heavy (non-hydrogen) atoms. The Balaban J connectivity index is 1.53. The Morgan fingerprint density at radius 2 is 1.96 bits per heavy atom. The van der Waals surface area contributed by atoms with Crippen LogP contribution in [0, 0.1) is 5.92 Å². The number of hydrogen-bond acceptors (Lipinski definition) is 3. The van der Waals surface area contributed by atoms with E-state index < -0.39 is 0 Å². The Bertz CT molecular complexity index is 687. The van der Waals surface area contributed by atoms with Gasteiger partial charge in [0.2, 0.25) is 0 Å². The summed E-state index contributed by atoms with van der Waals surface area (Å²) in [5.41, 5.74) is 1.25. The lowest BCUT2D eigenvalue weighted by Gasteiger charge is -2.15. The minimum absolute atomic E-state index is 0.00991. The fraction of sp³-hybridized carbons (Fsp3) is 0.474. The molecule has 3 rings (SSSR count). The summed E-state index contributed by atoms with van der Waals surface area (Å²) in [5, 5.41) is 7.23. The van der Waals surface area contributed by atoms with Crippen molar-refractivity contribution >= 4 is 11.7 Å². The van der Waals surface area contributed by atoms with E-state index in [9.17, 15) is 4.79 Å². The number of hydrogen-bond donors (Lipinski definition) is 1. The zero-order valence-electron chi connectivity index (χ0n) is 14.5. The van der Waals surface area contributed by atoms with Crippen molar-refractivity contribution in [2.45, 2.75) is 45.6 Å². The first-order valence-corrected chi connectivity index (χ1v) is 8.60. The van der Waals surface area contributed by atoms with E-state index in [-0.39, 0.29) is 12.5 Å². The van der Waals surface area contributed by atoms with E-state index in [0.29, 0.717) is 23.6 Å². The van der Waals surface area contributed by atoms with Crippen molar-refractivity contribution in [2.75, 3.05) is 11.9 Å². The van der Waals surface area contributed by atoms with E-state index in [4.69, 9.17) is 4.74 Å². The Hall–Kier alpha value is -2.30. The summed E-state index contributed by atoms with van der Waals surface area (Å²) in [6.45, 7) is 6.43. The Morgan fingerprint density at radius 3 is 2.58 bits per heavy atom. The molecule has 0 radical (unpaired) electrons. The lowest BCUT2D eigenvalue weighted by molar-refractivity contribution is -0.118. The number of carbonyl (C=O) groups is 1. The summed E-state index contributed by atoms with van der Waals surface area (Å²) in [4.78, 5) is 12.1. The molecule has 1 fully saturated rings. The largest absolute Gasteiger partial charge is 0.484 e. The maximum absolute atomic E-state index is 12.1. The van der Waals surface area contributed by atoms with Gasteiger partial charge in [-0.1, -0.05) is 26.0 Å². The van der Waals surface area contributed by atoms with Crippen LogP contribution < -0.4 is 10.1 Å². The van der Waals surface area contributed by atoms with Crippen LogP contribution in [0.1, 0.15) is 51.1 Å². The summed E-state index contributed by atoms with van der Waals surface area (Å²) in [5.74, 6) is 2.42. The Labute approximate surface area is 143 Å². The van der Waals surface area contributed by atoms with Crippen LogP contribution in [-0.2, 0) is 4.79 Å². The van der Waals surface area contributed by atoms with Crippen LogP contribution >= 0.6 is 0 Å². The topological polar surface area (TPSA) is 56.1 Å². The van der Waals surface area contributed by atoms with Gasteiger partial charge in [0.05, 0.1) is 12.2 Å². The molecule has 2 aromatic rings. The second-order valence-electron chi connectivity index (χ2n) is 6.80. The van der Waals surface area contributed by atoms with Crippen LogP contribution in [-0.4, -0.2) is 22.3 Å². The zero-order chi connectivity index (χ0) is 17.1. The van der Waals surface area contributed by atoms with Gasteiger partial charge in [0.25, 0.3) is 5.91 Å². The quantitative estimate of drug-likeness (QED) is 0.836. The molecule has 1 unspecified atom stereocenters. The van der Waals surface area contributed by atoms with Crippen LogP contribution in [0.3, 0.4) is 0 Å². The molecule has 1 N–H and O–H groups in total. The van der Waals surface area contributed by atoms with Crippen molar-refractivity contribution in [1.29, 1.82) is 0 Å². The van der Waals surface area contributed by atoms with Gasteiger partial charge in [-0.3, -0.25) is 4.79 Å². The summed E-state index contributed by atoms with van der Waals surface area (Å²) in [6, 6.07) is 10.0. The first kappa shape index (κ1) is 16.6. The monoisotopic (exact) mass is 327 g/mol. The Kier molecular flexibility index (Phi) is 4.88. The van der Waals surface area contributed by atoms with E-state index in [1.54, 1.807) is 6.20 Å². The van der Waals surface area contributed by atoms with Gasteiger partial charge in [-0.05, 0) is 49.3 Å². The zero-order valence-corrected chi connectivity index (χ0v) is 14.5. The first-order chi connectivity index (χ1) is 11.5. The minimum atomic E-state index is -0.173. The lowest BCUT2D eigenvalue weighted by atomic mass is 10.0. The number of amides is 1. The number of benzene rings is 1. The van der Waals surface area contributed by atoms with Crippen LogP contribution in [0.5, 0.6) is 5.75 Å². The van der Waals surface area contributed by atoms with Crippen LogP contribution in [0.15, 0.2) is 36.5 Å². The highest BCUT2D eigenvalue weighted by atomic mass is 16.5. The smallest absolute Gasteiger partial charge is 0.263 e. The highest BCUT2D eigenvalue weighted by molar-refractivity contribution is 5.91. The molecule has 1 saturated carbocycles. The van der Waals surface area contributed by atoms with Crippen molar-refractivity contribution in [3.05, 3.63) is 42.1 Å². The molecular weight excluding hydrogens is 302 g/mol. The van der Waals surface area contributed by atoms with E-state index in [0.717, 1.165) is 5.82 Å². The highest BCUT2D eigenvalue weighted by Gasteiger charge is 2.30. The molecule has 1 aliphatic rings. The molecule has 0 saturated heterocycles. The Morgan fingerprint density at radius 1 is 1.25 bits per heavy atom. The SMILES string of the molecule is CC(C)c1ccc(OCC(=O)Nc2ccnn2C(C)C2CC2)cc1. The lowest BCUT2D eigenvalue weighted by Crippen LogP contribution is -2.23. The molecule has 5 nitrogen and oxygen atoms in total. The van der Waals surface area contributed by atoms with Gasteiger partial charge in [0.15, 0.2) is 6.61 Å². The van der Waals surface area contributed by atoms with E-state index in [2.05, 4.69) is 31.2 Å².